The number of fused-ring (bicyclic) bond motifs is 1. The van der Waals surface area contributed by atoms with E-state index in [1.54, 1.807) is 0 Å². The molecule has 2 aromatic heterocycles. The third-order valence-electron chi connectivity index (χ3n) is 2.71. The number of pyridine rings is 1. The van der Waals surface area contributed by atoms with E-state index >= 15 is 0 Å². The summed E-state index contributed by atoms with van der Waals surface area (Å²) in [7, 11) is 0. The Morgan fingerprint density at radius 2 is 1.94 bits per heavy atom. The van der Waals surface area contributed by atoms with Crippen molar-refractivity contribution in [3.8, 4) is 0 Å². The van der Waals surface area contributed by atoms with E-state index in [4.69, 9.17) is 0 Å². The molecule has 0 amide bonds. The van der Waals surface area contributed by atoms with Crippen LogP contribution in [0.15, 0.2) is 54.9 Å². The van der Waals surface area contributed by atoms with E-state index in [0.717, 1.165) is 11.9 Å². The van der Waals surface area contributed by atoms with Crippen molar-refractivity contribution in [2.24, 2.45) is 0 Å². The van der Waals surface area contributed by atoms with Crippen LogP contribution in [0.25, 0.3) is 10.9 Å². The summed E-state index contributed by atoms with van der Waals surface area (Å²) < 4.78 is 0. The Bertz CT molecular complexity index is 563. The van der Waals surface area contributed by atoms with Gasteiger partial charge in [-0.05, 0) is 17.7 Å². The van der Waals surface area contributed by atoms with Gasteiger partial charge in [0.1, 0.15) is 0 Å². The number of rotatable bonds is 2. The zero-order chi connectivity index (χ0) is 10.8. The number of H-pyrrole nitrogens is 1. The van der Waals surface area contributed by atoms with Crippen LogP contribution in [0.4, 0.5) is 0 Å². The zero-order valence-corrected chi connectivity index (χ0v) is 8.85. The van der Waals surface area contributed by atoms with Gasteiger partial charge in [-0.25, -0.2) is 0 Å². The quantitative estimate of drug-likeness (QED) is 0.688. The summed E-state index contributed by atoms with van der Waals surface area (Å²) in [5, 5.41) is 1.17. The molecule has 0 saturated heterocycles. The van der Waals surface area contributed by atoms with Crippen LogP contribution in [0.2, 0.25) is 0 Å². The van der Waals surface area contributed by atoms with Gasteiger partial charge in [-0.15, -0.1) is 0 Å². The molecule has 0 aliphatic carbocycles. The number of benzene rings is 1. The van der Waals surface area contributed by atoms with Crippen molar-refractivity contribution in [3.63, 3.8) is 0 Å². The molecule has 2 nitrogen and oxygen atoms in total. The first kappa shape index (κ1) is 9.16. The average molecular weight is 208 g/mol. The van der Waals surface area contributed by atoms with Crippen molar-refractivity contribution in [2.75, 3.05) is 0 Å². The van der Waals surface area contributed by atoms with E-state index in [1.807, 2.05) is 24.5 Å². The van der Waals surface area contributed by atoms with E-state index < -0.39 is 0 Å². The zero-order valence-electron chi connectivity index (χ0n) is 8.85. The van der Waals surface area contributed by atoms with E-state index in [0.29, 0.717) is 0 Å². The van der Waals surface area contributed by atoms with E-state index in [1.165, 1.54) is 16.6 Å². The highest BCUT2D eigenvalue weighted by Gasteiger charge is 2.00. The van der Waals surface area contributed by atoms with Gasteiger partial charge in [0.2, 0.25) is 0 Å². The second-order valence-corrected chi connectivity index (χ2v) is 3.92. The fourth-order valence-electron chi connectivity index (χ4n) is 1.94. The normalized spacial score (nSPS) is 10.8. The summed E-state index contributed by atoms with van der Waals surface area (Å²) in [6, 6.07) is 14.6. The monoisotopic (exact) mass is 208 g/mol. The van der Waals surface area contributed by atoms with Crippen molar-refractivity contribution >= 4 is 10.9 Å². The first-order valence-electron chi connectivity index (χ1n) is 5.37. The lowest BCUT2D eigenvalue weighted by atomic mass is 10.1. The van der Waals surface area contributed by atoms with Crippen LogP contribution in [0, 0.1) is 0 Å². The third-order valence-corrected chi connectivity index (χ3v) is 2.71. The van der Waals surface area contributed by atoms with Crippen LogP contribution in [0.3, 0.4) is 0 Å². The summed E-state index contributed by atoms with van der Waals surface area (Å²) in [6.07, 6.45) is 4.64. The van der Waals surface area contributed by atoms with Gasteiger partial charge in [-0.3, -0.25) is 4.98 Å². The van der Waals surface area contributed by atoms with Crippen LogP contribution in [0.5, 0.6) is 0 Å². The molecular weight excluding hydrogens is 196 g/mol. The topological polar surface area (TPSA) is 28.7 Å². The Hall–Kier alpha value is -2.09. The molecule has 1 N–H and O–H groups in total. The first-order chi connectivity index (χ1) is 7.92. The van der Waals surface area contributed by atoms with Gasteiger partial charge in [0.25, 0.3) is 0 Å². The Kier molecular flexibility index (Phi) is 2.18. The van der Waals surface area contributed by atoms with E-state index in [-0.39, 0.29) is 0 Å². The van der Waals surface area contributed by atoms with Gasteiger partial charge in [0, 0.05) is 35.4 Å². The van der Waals surface area contributed by atoms with Crippen LogP contribution >= 0.6 is 0 Å². The number of nitrogens with zero attached hydrogens (tertiary/aromatic N) is 1. The Balaban J connectivity index is 1.95. The maximum atomic E-state index is 4.11. The van der Waals surface area contributed by atoms with Crippen molar-refractivity contribution in [2.45, 2.75) is 6.42 Å². The van der Waals surface area contributed by atoms with Crippen molar-refractivity contribution in [1.29, 1.82) is 0 Å². The number of nitrogens with one attached hydrogen (secondary N) is 1. The molecule has 3 aromatic rings. The minimum absolute atomic E-state index is 0.940. The Morgan fingerprint density at radius 3 is 2.75 bits per heavy atom. The molecule has 16 heavy (non-hydrogen) atoms. The number of hydrogen-bond acceptors (Lipinski definition) is 1. The van der Waals surface area contributed by atoms with Gasteiger partial charge in [0.05, 0.1) is 0 Å². The molecule has 2 heteroatoms. The summed E-state index contributed by atoms with van der Waals surface area (Å²) in [4.78, 5) is 7.52. The number of aromatic amines is 1. The molecule has 78 valence electrons. The van der Waals surface area contributed by atoms with Crippen LogP contribution in [0.1, 0.15) is 11.3 Å². The minimum Gasteiger partial charge on any atom is -0.358 e. The highest BCUT2D eigenvalue weighted by molar-refractivity contribution is 5.79. The Morgan fingerprint density at radius 1 is 1.06 bits per heavy atom. The molecule has 0 saturated carbocycles. The number of hydrogen-bond donors (Lipinski definition) is 1. The molecule has 0 spiro atoms. The molecule has 0 aliphatic heterocycles. The molecule has 2 heterocycles. The molecule has 1 aromatic carbocycles. The summed E-state index contributed by atoms with van der Waals surface area (Å²) in [5.41, 5.74) is 3.71. The van der Waals surface area contributed by atoms with Crippen molar-refractivity contribution < 1.29 is 0 Å². The van der Waals surface area contributed by atoms with Gasteiger partial charge >= 0.3 is 0 Å². The van der Waals surface area contributed by atoms with Gasteiger partial charge < -0.3 is 4.98 Å². The van der Waals surface area contributed by atoms with Crippen LogP contribution in [-0.4, -0.2) is 9.97 Å². The molecule has 0 fully saturated rings. The number of aromatic nitrogens is 2. The average Bonchev–Trinajstić information content (AvgIpc) is 2.72. The largest absolute Gasteiger partial charge is 0.358 e. The predicted octanol–water partition coefficient (Wildman–Crippen LogP) is 3.15. The molecule has 0 radical (unpaired) electrons. The molecule has 0 aliphatic rings. The second kappa shape index (κ2) is 3.81. The Labute approximate surface area is 94.0 Å². The fourth-order valence-corrected chi connectivity index (χ4v) is 1.94. The van der Waals surface area contributed by atoms with Crippen LogP contribution in [-0.2, 0) is 6.42 Å². The minimum atomic E-state index is 0.940. The molecule has 0 atom stereocenters. The second-order valence-electron chi connectivity index (χ2n) is 3.92. The maximum Gasteiger partial charge on any atom is 0.0487 e. The molecule has 0 unspecified atom stereocenters. The smallest absolute Gasteiger partial charge is 0.0487 e. The molecule has 3 rings (SSSR count). The van der Waals surface area contributed by atoms with E-state index in [2.05, 4.69) is 40.3 Å². The highest BCUT2D eigenvalue weighted by atomic mass is 14.7. The lowest BCUT2D eigenvalue weighted by Gasteiger charge is -1.97. The first-order valence-corrected chi connectivity index (χ1v) is 5.37. The van der Waals surface area contributed by atoms with Gasteiger partial charge in [0.15, 0.2) is 0 Å². The highest BCUT2D eigenvalue weighted by Crippen LogP contribution is 2.16. The van der Waals surface area contributed by atoms with Gasteiger partial charge in [-0.1, -0.05) is 30.3 Å². The van der Waals surface area contributed by atoms with Gasteiger partial charge in [-0.2, -0.15) is 0 Å². The summed E-state index contributed by atoms with van der Waals surface area (Å²) in [6.45, 7) is 0. The lowest BCUT2D eigenvalue weighted by Crippen LogP contribution is -1.86. The molecule has 0 bridgehead atoms. The summed E-state index contributed by atoms with van der Waals surface area (Å²) in [5.74, 6) is 0. The SMILES string of the molecule is c1ccc(Cc2cc3cnccc3[nH]2)cc1. The standard InChI is InChI=1S/C14H12N2/c1-2-4-11(5-3-1)8-13-9-12-10-15-7-6-14(12)16-13/h1-7,9-10,16H,8H2. The van der Waals surface area contributed by atoms with Crippen molar-refractivity contribution in [1.82, 2.24) is 9.97 Å². The van der Waals surface area contributed by atoms with Crippen LogP contribution < -0.4 is 0 Å². The third kappa shape index (κ3) is 1.70. The summed E-state index contributed by atoms with van der Waals surface area (Å²) >= 11 is 0. The van der Waals surface area contributed by atoms with Crippen molar-refractivity contribution in [3.05, 3.63) is 66.1 Å². The lowest BCUT2D eigenvalue weighted by molar-refractivity contribution is 1.12. The molecular formula is C14H12N2. The fraction of sp³-hybridized carbons (Fsp3) is 0.0714. The predicted molar refractivity (Wildman–Crippen MR) is 65.3 cm³/mol. The van der Waals surface area contributed by atoms with E-state index in [9.17, 15) is 0 Å². The maximum absolute atomic E-state index is 4.11.